The molecule has 4 rings (SSSR count). The smallest absolute Gasteiger partial charge is 0.338 e. The number of hydrogen-bond donors (Lipinski definition) is 0. The topological polar surface area (TPSA) is 79.1 Å². The number of thiophene rings is 1. The van der Waals surface area contributed by atoms with Crippen molar-refractivity contribution in [1.82, 2.24) is 4.57 Å². The van der Waals surface area contributed by atoms with Crippen LogP contribution in [-0.4, -0.2) is 30.4 Å². The normalized spacial score (nSPS) is 15.6. The number of hydrogen-bond acceptors (Lipinski definition) is 8. The lowest BCUT2D eigenvalue weighted by Crippen LogP contribution is -2.40. The Labute approximate surface area is 218 Å². The summed E-state index contributed by atoms with van der Waals surface area (Å²) >= 11 is 2.86. The first-order valence-electron chi connectivity index (χ1n) is 11.9. The number of fused-ring (bicyclic) bond motifs is 1. The van der Waals surface area contributed by atoms with Crippen LogP contribution in [0.5, 0.6) is 11.5 Å². The average Bonchev–Trinajstić information content (AvgIpc) is 3.46. The maximum atomic E-state index is 13.7. The summed E-state index contributed by atoms with van der Waals surface area (Å²) in [5.74, 6) is 0.661. The number of carbonyl (C=O) groups is 1. The number of ether oxygens (including phenoxy) is 3. The number of thiazole rings is 1. The number of benzene rings is 1. The highest BCUT2D eigenvalue weighted by atomic mass is 32.1. The van der Waals surface area contributed by atoms with E-state index in [4.69, 9.17) is 14.2 Å². The third-order valence-corrected chi connectivity index (χ3v) is 7.46. The number of rotatable bonds is 9. The second kappa shape index (κ2) is 11.3. The number of allylic oxidation sites excluding steroid dienone is 1. The molecular formula is C27H30N2O5S2. The molecule has 0 amide bonds. The van der Waals surface area contributed by atoms with Crippen molar-refractivity contribution in [2.24, 2.45) is 4.99 Å². The molecule has 3 heterocycles. The van der Waals surface area contributed by atoms with Crippen LogP contribution in [0.1, 0.15) is 57.0 Å². The molecule has 7 nitrogen and oxygen atoms in total. The first-order valence-corrected chi connectivity index (χ1v) is 13.6. The summed E-state index contributed by atoms with van der Waals surface area (Å²) in [7, 11) is 1.58. The Bertz CT molecular complexity index is 1450. The van der Waals surface area contributed by atoms with Crippen molar-refractivity contribution in [3.8, 4) is 11.5 Å². The largest absolute Gasteiger partial charge is 0.493 e. The molecule has 0 N–H and O–H groups in total. The van der Waals surface area contributed by atoms with Gasteiger partial charge in [0.2, 0.25) is 0 Å². The molecule has 0 saturated heterocycles. The summed E-state index contributed by atoms with van der Waals surface area (Å²) in [6.45, 7) is 8.05. The number of aromatic nitrogens is 1. The molecule has 9 heteroatoms. The Morgan fingerprint density at radius 2 is 2.06 bits per heavy atom. The maximum absolute atomic E-state index is 13.7. The number of unbranched alkanes of at least 4 members (excludes halogenated alkanes) is 1. The molecule has 1 aromatic carbocycles. The second-order valence-corrected chi connectivity index (χ2v) is 10.7. The molecule has 3 aromatic rings. The van der Waals surface area contributed by atoms with Gasteiger partial charge in [0.25, 0.3) is 5.56 Å². The highest BCUT2D eigenvalue weighted by molar-refractivity contribution is 7.11. The van der Waals surface area contributed by atoms with Gasteiger partial charge >= 0.3 is 5.97 Å². The summed E-state index contributed by atoms with van der Waals surface area (Å²) < 4.78 is 19.2. The van der Waals surface area contributed by atoms with Crippen LogP contribution in [0.4, 0.5) is 0 Å². The van der Waals surface area contributed by atoms with E-state index in [1.807, 2.05) is 41.8 Å². The van der Waals surface area contributed by atoms with E-state index < -0.39 is 12.0 Å². The Morgan fingerprint density at radius 3 is 2.72 bits per heavy atom. The molecule has 1 atom stereocenters. The molecule has 1 unspecified atom stereocenters. The van der Waals surface area contributed by atoms with E-state index >= 15 is 0 Å². The lowest BCUT2D eigenvalue weighted by Gasteiger charge is -2.26. The van der Waals surface area contributed by atoms with E-state index in [0.717, 1.165) is 17.7 Å². The van der Waals surface area contributed by atoms with Gasteiger partial charge in [-0.15, -0.1) is 11.3 Å². The van der Waals surface area contributed by atoms with Crippen molar-refractivity contribution < 1.29 is 19.0 Å². The van der Waals surface area contributed by atoms with Crippen LogP contribution < -0.4 is 24.4 Å². The number of methoxy groups -OCH3 is 1. The Kier molecular flexibility index (Phi) is 8.11. The van der Waals surface area contributed by atoms with Crippen LogP contribution in [0.3, 0.4) is 0 Å². The predicted molar refractivity (Wildman–Crippen MR) is 143 cm³/mol. The van der Waals surface area contributed by atoms with E-state index in [1.165, 1.54) is 11.3 Å². The van der Waals surface area contributed by atoms with E-state index in [9.17, 15) is 9.59 Å². The minimum absolute atomic E-state index is 0.207. The summed E-state index contributed by atoms with van der Waals surface area (Å²) in [6.07, 6.45) is 3.50. The molecule has 0 aliphatic carbocycles. The highest BCUT2D eigenvalue weighted by Gasteiger charge is 2.34. The number of carbonyl (C=O) groups excluding carboxylic acids is 1. The van der Waals surface area contributed by atoms with E-state index in [-0.39, 0.29) is 11.7 Å². The minimum atomic E-state index is -0.712. The molecule has 36 heavy (non-hydrogen) atoms. The highest BCUT2D eigenvalue weighted by Crippen LogP contribution is 2.36. The van der Waals surface area contributed by atoms with Gasteiger partial charge in [0.1, 0.15) is 0 Å². The monoisotopic (exact) mass is 526 g/mol. The fourth-order valence-corrected chi connectivity index (χ4v) is 5.75. The van der Waals surface area contributed by atoms with Gasteiger partial charge in [-0.05, 0) is 62.4 Å². The van der Waals surface area contributed by atoms with Crippen LogP contribution in [0.15, 0.2) is 56.8 Å². The van der Waals surface area contributed by atoms with Crippen molar-refractivity contribution in [3.63, 3.8) is 0 Å². The maximum Gasteiger partial charge on any atom is 0.338 e. The number of nitrogens with zero attached hydrogens (tertiary/aromatic N) is 2. The van der Waals surface area contributed by atoms with Gasteiger partial charge in [0.05, 0.1) is 41.7 Å². The lowest BCUT2D eigenvalue weighted by molar-refractivity contribution is -0.143. The lowest BCUT2D eigenvalue weighted by atomic mass is 9.95. The van der Waals surface area contributed by atoms with Gasteiger partial charge in [-0.25, -0.2) is 9.79 Å². The van der Waals surface area contributed by atoms with Crippen molar-refractivity contribution in [1.29, 1.82) is 0 Å². The van der Waals surface area contributed by atoms with Crippen LogP contribution in [0.25, 0.3) is 6.08 Å². The molecule has 1 aliphatic rings. The zero-order chi connectivity index (χ0) is 25.8. The summed E-state index contributed by atoms with van der Waals surface area (Å²) in [5, 5.41) is 1.96. The molecule has 2 aromatic heterocycles. The molecule has 1 aliphatic heterocycles. The fourth-order valence-electron chi connectivity index (χ4n) is 3.98. The predicted octanol–water partition coefficient (Wildman–Crippen LogP) is 4.44. The first kappa shape index (κ1) is 25.9. The van der Waals surface area contributed by atoms with Gasteiger partial charge in [-0.3, -0.25) is 9.36 Å². The van der Waals surface area contributed by atoms with Crippen LogP contribution in [0.2, 0.25) is 0 Å². The molecule has 0 bridgehead atoms. The zero-order valence-electron chi connectivity index (χ0n) is 21.1. The Morgan fingerprint density at radius 1 is 1.25 bits per heavy atom. The van der Waals surface area contributed by atoms with Crippen molar-refractivity contribution >= 4 is 34.7 Å². The fraction of sp³-hybridized carbons (Fsp3) is 0.370. The first-order chi connectivity index (χ1) is 17.3. The van der Waals surface area contributed by atoms with E-state index in [0.29, 0.717) is 44.3 Å². The Hall–Kier alpha value is -3.17. The van der Waals surface area contributed by atoms with Gasteiger partial charge in [0, 0.05) is 4.88 Å². The SMILES string of the molecule is CCCCOc1ccc(C2C(C(=O)OC(C)C)=C(C)N=c3sc(=Cc4cccs4)c(=O)n32)cc1OC. The summed E-state index contributed by atoms with van der Waals surface area (Å²) in [4.78, 5) is 33.1. The average molecular weight is 527 g/mol. The molecule has 0 spiro atoms. The third kappa shape index (κ3) is 5.32. The minimum Gasteiger partial charge on any atom is -0.493 e. The van der Waals surface area contributed by atoms with Gasteiger partial charge in [0.15, 0.2) is 16.3 Å². The quantitative estimate of drug-likeness (QED) is 0.304. The number of esters is 1. The van der Waals surface area contributed by atoms with Crippen molar-refractivity contribution in [2.75, 3.05) is 13.7 Å². The third-order valence-electron chi connectivity index (χ3n) is 5.66. The Balaban J connectivity index is 1.89. The van der Waals surface area contributed by atoms with Crippen LogP contribution >= 0.6 is 22.7 Å². The second-order valence-electron chi connectivity index (χ2n) is 8.66. The zero-order valence-corrected chi connectivity index (χ0v) is 22.7. The van der Waals surface area contributed by atoms with Gasteiger partial charge < -0.3 is 14.2 Å². The molecular weight excluding hydrogens is 496 g/mol. The standard InChI is InChI=1S/C27H30N2O5S2/c1-6-7-12-33-20-11-10-18(14-21(20)32-5)24-23(26(31)34-16(2)3)17(4)28-27-29(24)25(30)22(36-27)15-19-9-8-13-35-19/h8-11,13-16,24H,6-7,12H2,1-5H3. The molecule has 0 radical (unpaired) electrons. The van der Waals surface area contributed by atoms with Crippen molar-refractivity contribution in [3.05, 3.63) is 77.1 Å². The summed E-state index contributed by atoms with van der Waals surface area (Å²) in [6, 6.07) is 8.70. The van der Waals surface area contributed by atoms with Gasteiger partial charge in [-0.1, -0.05) is 36.8 Å². The van der Waals surface area contributed by atoms with Crippen LogP contribution in [-0.2, 0) is 9.53 Å². The van der Waals surface area contributed by atoms with Crippen LogP contribution in [0, 0.1) is 0 Å². The van der Waals surface area contributed by atoms with Crippen molar-refractivity contribution in [2.45, 2.75) is 52.7 Å². The van der Waals surface area contributed by atoms with E-state index in [2.05, 4.69) is 11.9 Å². The molecule has 0 saturated carbocycles. The molecule has 190 valence electrons. The molecule has 0 fully saturated rings. The van der Waals surface area contributed by atoms with Gasteiger partial charge in [-0.2, -0.15) is 0 Å². The summed E-state index contributed by atoms with van der Waals surface area (Å²) in [5.41, 5.74) is 1.36. The van der Waals surface area contributed by atoms with E-state index in [1.54, 1.807) is 43.8 Å².